The van der Waals surface area contributed by atoms with Crippen LogP contribution in [0.25, 0.3) is 0 Å². The SMILES string of the molecule is C=CCOC(C)C(=O)OCC(=O)NC1(C(=O)OC)CCCCC1. The molecule has 1 aliphatic rings. The molecule has 130 valence electrons. The molecule has 0 heterocycles. The minimum atomic E-state index is -1.01. The summed E-state index contributed by atoms with van der Waals surface area (Å²) in [6.07, 6.45) is 4.46. The number of carbonyl (C=O) groups is 3. The van der Waals surface area contributed by atoms with Crippen molar-refractivity contribution in [3.8, 4) is 0 Å². The number of nitrogens with one attached hydrogen (secondary N) is 1. The molecule has 0 radical (unpaired) electrons. The molecule has 23 heavy (non-hydrogen) atoms. The second kappa shape index (κ2) is 9.29. The van der Waals surface area contributed by atoms with Crippen molar-refractivity contribution in [2.75, 3.05) is 20.3 Å². The van der Waals surface area contributed by atoms with Gasteiger partial charge in [0.15, 0.2) is 12.7 Å². The van der Waals surface area contributed by atoms with Gasteiger partial charge >= 0.3 is 11.9 Å². The summed E-state index contributed by atoms with van der Waals surface area (Å²) in [6, 6.07) is 0. The van der Waals surface area contributed by atoms with Crippen LogP contribution in [0.3, 0.4) is 0 Å². The zero-order valence-electron chi connectivity index (χ0n) is 13.8. The van der Waals surface area contributed by atoms with E-state index in [4.69, 9.17) is 14.2 Å². The predicted octanol–water partition coefficient (Wildman–Crippen LogP) is 1.11. The smallest absolute Gasteiger partial charge is 0.335 e. The molecule has 1 aliphatic carbocycles. The van der Waals surface area contributed by atoms with E-state index in [1.54, 1.807) is 0 Å². The Kier molecular flexibility index (Phi) is 7.74. The number of carbonyl (C=O) groups excluding carboxylic acids is 3. The lowest BCUT2D eigenvalue weighted by Crippen LogP contribution is -2.57. The molecule has 1 atom stereocenters. The van der Waals surface area contributed by atoms with Gasteiger partial charge in [-0.3, -0.25) is 4.79 Å². The maximum atomic E-state index is 12.0. The third-order valence-electron chi connectivity index (χ3n) is 3.80. The molecule has 0 aromatic carbocycles. The van der Waals surface area contributed by atoms with E-state index in [9.17, 15) is 14.4 Å². The molecule has 0 saturated heterocycles. The molecule has 1 N–H and O–H groups in total. The van der Waals surface area contributed by atoms with Crippen molar-refractivity contribution in [3.63, 3.8) is 0 Å². The fourth-order valence-corrected chi connectivity index (χ4v) is 2.57. The van der Waals surface area contributed by atoms with Crippen molar-refractivity contribution in [2.24, 2.45) is 0 Å². The number of amides is 1. The molecule has 7 nitrogen and oxygen atoms in total. The minimum Gasteiger partial charge on any atom is -0.467 e. The highest BCUT2D eigenvalue weighted by atomic mass is 16.6. The van der Waals surface area contributed by atoms with Crippen LogP contribution < -0.4 is 5.32 Å². The van der Waals surface area contributed by atoms with E-state index >= 15 is 0 Å². The Bertz CT molecular complexity index is 442. The Morgan fingerprint density at radius 1 is 1.26 bits per heavy atom. The standard InChI is InChI=1S/C16H25NO6/c1-4-10-22-12(2)14(19)23-11-13(18)17-16(15(20)21-3)8-6-5-7-9-16/h4,12H,1,5-11H2,2-3H3,(H,17,18). The van der Waals surface area contributed by atoms with Crippen LogP contribution in [-0.4, -0.2) is 49.8 Å². The Labute approximate surface area is 136 Å². The maximum absolute atomic E-state index is 12.0. The summed E-state index contributed by atoms with van der Waals surface area (Å²) in [4.78, 5) is 35.7. The molecule has 1 amide bonds. The first-order chi connectivity index (χ1) is 10.9. The molecule has 0 bridgehead atoms. The molecule has 7 heteroatoms. The van der Waals surface area contributed by atoms with Crippen LogP contribution in [-0.2, 0) is 28.6 Å². The Morgan fingerprint density at radius 3 is 2.48 bits per heavy atom. The van der Waals surface area contributed by atoms with Crippen LogP contribution in [0.2, 0.25) is 0 Å². The summed E-state index contributed by atoms with van der Waals surface area (Å²) in [7, 11) is 1.30. The number of hydrogen-bond donors (Lipinski definition) is 1. The molecule has 0 aliphatic heterocycles. The van der Waals surface area contributed by atoms with Crippen molar-refractivity contribution in [1.82, 2.24) is 5.32 Å². The average Bonchev–Trinajstić information content (AvgIpc) is 2.57. The Morgan fingerprint density at radius 2 is 1.91 bits per heavy atom. The monoisotopic (exact) mass is 327 g/mol. The fraction of sp³-hybridized carbons (Fsp3) is 0.688. The first-order valence-electron chi connectivity index (χ1n) is 7.74. The van der Waals surface area contributed by atoms with Gasteiger partial charge in [-0.2, -0.15) is 0 Å². The minimum absolute atomic E-state index is 0.216. The molecular weight excluding hydrogens is 302 g/mol. The maximum Gasteiger partial charge on any atom is 0.335 e. The van der Waals surface area contributed by atoms with Gasteiger partial charge in [0.05, 0.1) is 13.7 Å². The van der Waals surface area contributed by atoms with E-state index < -0.39 is 36.1 Å². The third-order valence-corrected chi connectivity index (χ3v) is 3.80. The van der Waals surface area contributed by atoms with Crippen LogP contribution in [0.1, 0.15) is 39.0 Å². The molecule has 0 spiro atoms. The second-order valence-electron chi connectivity index (χ2n) is 5.55. The zero-order valence-corrected chi connectivity index (χ0v) is 13.8. The topological polar surface area (TPSA) is 90.9 Å². The van der Waals surface area contributed by atoms with E-state index in [1.165, 1.54) is 20.1 Å². The predicted molar refractivity (Wildman–Crippen MR) is 82.5 cm³/mol. The third kappa shape index (κ3) is 5.67. The highest BCUT2D eigenvalue weighted by Crippen LogP contribution is 2.29. The van der Waals surface area contributed by atoms with Crippen LogP contribution in [0.5, 0.6) is 0 Å². The second-order valence-corrected chi connectivity index (χ2v) is 5.55. The Hall–Kier alpha value is -1.89. The van der Waals surface area contributed by atoms with Gasteiger partial charge in [0.1, 0.15) is 5.54 Å². The normalized spacial score (nSPS) is 17.7. The fourth-order valence-electron chi connectivity index (χ4n) is 2.57. The summed E-state index contributed by atoms with van der Waals surface area (Å²) in [5.74, 6) is -1.63. The number of hydrogen-bond acceptors (Lipinski definition) is 6. The van der Waals surface area contributed by atoms with Gasteiger partial charge < -0.3 is 19.5 Å². The number of methoxy groups -OCH3 is 1. The van der Waals surface area contributed by atoms with Crippen LogP contribution >= 0.6 is 0 Å². The van der Waals surface area contributed by atoms with Crippen LogP contribution in [0, 0.1) is 0 Å². The highest BCUT2D eigenvalue weighted by Gasteiger charge is 2.42. The zero-order chi connectivity index (χ0) is 17.3. The summed E-state index contributed by atoms with van der Waals surface area (Å²) in [6.45, 7) is 4.76. The number of esters is 2. The lowest BCUT2D eigenvalue weighted by Gasteiger charge is -2.35. The van der Waals surface area contributed by atoms with E-state index in [0.717, 1.165) is 19.3 Å². The van der Waals surface area contributed by atoms with Crippen molar-refractivity contribution < 1.29 is 28.6 Å². The van der Waals surface area contributed by atoms with Gasteiger partial charge in [0, 0.05) is 0 Å². The van der Waals surface area contributed by atoms with Gasteiger partial charge in [0.25, 0.3) is 5.91 Å². The number of ether oxygens (including phenoxy) is 3. The lowest BCUT2D eigenvalue weighted by atomic mass is 9.81. The summed E-state index contributed by atoms with van der Waals surface area (Å²) in [5.41, 5.74) is -1.01. The van der Waals surface area contributed by atoms with Gasteiger partial charge in [0.2, 0.25) is 0 Å². The van der Waals surface area contributed by atoms with E-state index in [0.29, 0.717) is 12.8 Å². The summed E-state index contributed by atoms with van der Waals surface area (Å²) >= 11 is 0. The molecule has 1 fully saturated rings. The van der Waals surface area contributed by atoms with E-state index in [-0.39, 0.29) is 6.61 Å². The van der Waals surface area contributed by atoms with Crippen molar-refractivity contribution in [2.45, 2.75) is 50.7 Å². The largest absolute Gasteiger partial charge is 0.467 e. The quantitative estimate of drug-likeness (QED) is 0.530. The van der Waals surface area contributed by atoms with Crippen LogP contribution in [0.4, 0.5) is 0 Å². The van der Waals surface area contributed by atoms with Gasteiger partial charge in [-0.1, -0.05) is 25.3 Å². The molecular formula is C16H25NO6. The van der Waals surface area contributed by atoms with Gasteiger partial charge in [-0.25, -0.2) is 9.59 Å². The Balaban J connectivity index is 2.51. The molecule has 1 saturated carbocycles. The van der Waals surface area contributed by atoms with Gasteiger partial charge in [-0.15, -0.1) is 6.58 Å². The van der Waals surface area contributed by atoms with E-state index in [1.807, 2.05) is 0 Å². The van der Waals surface area contributed by atoms with Gasteiger partial charge in [-0.05, 0) is 19.8 Å². The van der Waals surface area contributed by atoms with Crippen molar-refractivity contribution in [1.29, 1.82) is 0 Å². The van der Waals surface area contributed by atoms with Crippen molar-refractivity contribution in [3.05, 3.63) is 12.7 Å². The molecule has 0 aromatic heterocycles. The van der Waals surface area contributed by atoms with E-state index in [2.05, 4.69) is 11.9 Å². The van der Waals surface area contributed by atoms with Crippen LogP contribution in [0.15, 0.2) is 12.7 Å². The molecule has 0 aromatic rings. The number of rotatable bonds is 8. The van der Waals surface area contributed by atoms with Crippen molar-refractivity contribution >= 4 is 17.8 Å². The molecule has 1 rings (SSSR count). The lowest BCUT2D eigenvalue weighted by molar-refractivity contribution is -0.160. The summed E-state index contributed by atoms with van der Waals surface area (Å²) < 4.78 is 14.8. The summed E-state index contributed by atoms with van der Waals surface area (Å²) in [5, 5.41) is 2.67. The first kappa shape index (κ1) is 19.2. The first-order valence-corrected chi connectivity index (χ1v) is 7.74. The highest BCUT2D eigenvalue weighted by molar-refractivity contribution is 5.89. The molecule has 1 unspecified atom stereocenters. The average molecular weight is 327 g/mol.